The minimum atomic E-state index is 0.307. The van der Waals surface area contributed by atoms with Gasteiger partial charge in [0.1, 0.15) is 0 Å². The maximum atomic E-state index is 5.69. The van der Waals surface area contributed by atoms with Gasteiger partial charge in [-0.3, -0.25) is 4.99 Å². The predicted octanol–water partition coefficient (Wildman–Crippen LogP) is 3.13. The van der Waals surface area contributed by atoms with Crippen molar-refractivity contribution in [3.8, 4) is 0 Å². The Morgan fingerprint density at radius 2 is 2.00 bits per heavy atom. The number of nitrogens with one attached hydrogen (secondary N) is 2. The Bertz CT molecular complexity index is 721. The van der Waals surface area contributed by atoms with Crippen LogP contribution >= 0.6 is 0 Å². The summed E-state index contributed by atoms with van der Waals surface area (Å²) in [4.78, 5) is 4.30. The van der Waals surface area contributed by atoms with E-state index in [1.165, 1.54) is 16.3 Å². The third kappa shape index (κ3) is 6.22. The van der Waals surface area contributed by atoms with Crippen molar-refractivity contribution in [2.45, 2.75) is 31.8 Å². The normalized spacial score (nSPS) is 17.4. The molecule has 0 bridgehead atoms. The second kappa shape index (κ2) is 10.9. The number of hydrogen-bond donors (Lipinski definition) is 2. The highest BCUT2D eigenvalue weighted by molar-refractivity contribution is 5.85. The highest BCUT2D eigenvalue weighted by Gasteiger charge is 2.14. The summed E-state index contributed by atoms with van der Waals surface area (Å²) in [5.74, 6) is 0.842. The Morgan fingerprint density at radius 3 is 2.85 bits per heavy atom. The molecule has 1 saturated heterocycles. The van der Waals surface area contributed by atoms with Crippen LogP contribution in [0.1, 0.15) is 24.8 Å². The molecular weight excluding hydrogens is 338 g/mol. The van der Waals surface area contributed by atoms with E-state index in [1.807, 2.05) is 0 Å². The van der Waals surface area contributed by atoms with Crippen LogP contribution in [0, 0.1) is 0 Å². The third-order valence-electron chi connectivity index (χ3n) is 4.88. The number of nitrogens with zero attached hydrogens (tertiary/aromatic N) is 1. The molecule has 1 fully saturated rings. The summed E-state index contributed by atoms with van der Waals surface area (Å²) in [5, 5.41) is 9.36. The van der Waals surface area contributed by atoms with Gasteiger partial charge in [0.2, 0.25) is 0 Å². The van der Waals surface area contributed by atoms with E-state index in [1.54, 1.807) is 7.05 Å². The van der Waals surface area contributed by atoms with E-state index in [-0.39, 0.29) is 0 Å². The van der Waals surface area contributed by atoms with Gasteiger partial charge in [0.25, 0.3) is 0 Å². The van der Waals surface area contributed by atoms with E-state index in [4.69, 9.17) is 9.47 Å². The number of benzene rings is 2. The maximum absolute atomic E-state index is 5.69. The zero-order chi connectivity index (χ0) is 18.7. The Balaban J connectivity index is 1.32. The topological polar surface area (TPSA) is 54.9 Å². The molecule has 1 aliphatic rings. The van der Waals surface area contributed by atoms with Crippen molar-refractivity contribution in [3.05, 3.63) is 48.0 Å². The summed E-state index contributed by atoms with van der Waals surface area (Å²) < 4.78 is 11.2. The molecule has 1 unspecified atom stereocenters. The molecule has 5 heteroatoms. The van der Waals surface area contributed by atoms with Crippen LogP contribution in [0.4, 0.5) is 0 Å². The largest absolute Gasteiger partial charge is 0.379 e. The standard InChI is InChI=1S/C22H31N3O2/c1-23-22(24-13-6-15-26-17-20-10-5-16-27-20)25-14-12-19-9-4-8-18-7-2-3-11-21(18)19/h2-4,7-9,11,20H,5-6,10,12-17H2,1H3,(H2,23,24,25). The summed E-state index contributed by atoms with van der Waals surface area (Å²) >= 11 is 0. The average Bonchev–Trinajstić information content (AvgIpc) is 3.23. The van der Waals surface area contributed by atoms with Crippen LogP contribution in [-0.2, 0) is 15.9 Å². The number of aliphatic imine (C=N–C) groups is 1. The lowest BCUT2D eigenvalue weighted by Crippen LogP contribution is -2.39. The fourth-order valence-electron chi connectivity index (χ4n) is 3.42. The Kier molecular flexibility index (Phi) is 7.93. The molecule has 1 heterocycles. The molecule has 0 spiro atoms. The predicted molar refractivity (Wildman–Crippen MR) is 111 cm³/mol. The van der Waals surface area contributed by atoms with Crippen molar-refractivity contribution in [3.63, 3.8) is 0 Å². The van der Waals surface area contributed by atoms with E-state index in [2.05, 4.69) is 58.1 Å². The van der Waals surface area contributed by atoms with Crippen molar-refractivity contribution in [2.24, 2.45) is 4.99 Å². The van der Waals surface area contributed by atoms with Crippen LogP contribution in [0.2, 0.25) is 0 Å². The molecule has 0 aliphatic carbocycles. The summed E-state index contributed by atoms with van der Waals surface area (Å²) in [6.07, 6.45) is 4.52. The monoisotopic (exact) mass is 369 g/mol. The van der Waals surface area contributed by atoms with E-state index >= 15 is 0 Å². The van der Waals surface area contributed by atoms with Crippen LogP contribution < -0.4 is 10.6 Å². The van der Waals surface area contributed by atoms with Crippen LogP contribution in [0.5, 0.6) is 0 Å². The molecule has 146 valence electrons. The molecule has 3 rings (SSSR count). The molecule has 0 saturated carbocycles. The van der Waals surface area contributed by atoms with Gasteiger partial charge in [-0.05, 0) is 42.0 Å². The fourth-order valence-corrected chi connectivity index (χ4v) is 3.42. The van der Waals surface area contributed by atoms with Crippen molar-refractivity contribution in [1.82, 2.24) is 10.6 Å². The molecule has 0 amide bonds. The fraction of sp³-hybridized carbons (Fsp3) is 0.500. The van der Waals surface area contributed by atoms with Crippen LogP contribution in [0.15, 0.2) is 47.5 Å². The minimum absolute atomic E-state index is 0.307. The molecule has 0 radical (unpaired) electrons. The molecule has 2 N–H and O–H groups in total. The summed E-state index contributed by atoms with van der Waals surface area (Å²) in [7, 11) is 1.81. The molecule has 1 aliphatic heterocycles. The number of rotatable bonds is 9. The van der Waals surface area contributed by atoms with Gasteiger partial charge in [0, 0.05) is 33.4 Å². The van der Waals surface area contributed by atoms with Gasteiger partial charge in [-0.25, -0.2) is 0 Å². The molecule has 5 nitrogen and oxygen atoms in total. The summed E-state index contributed by atoms with van der Waals surface area (Å²) in [5.41, 5.74) is 1.36. The minimum Gasteiger partial charge on any atom is -0.379 e. The van der Waals surface area contributed by atoms with E-state index in [9.17, 15) is 0 Å². The second-order valence-electron chi connectivity index (χ2n) is 6.88. The Labute approximate surface area is 162 Å². The maximum Gasteiger partial charge on any atom is 0.190 e. The van der Waals surface area contributed by atoms with Crippen LogP contribution in [-0.4, -0.2) is 52.0 Å². The highest BCUT2D eigenvalue weighted by atomic mass is 16.5. The summed E-state index contributed by atoms with van der Waals surface area (Å²) in [6, 6.07) is 15.0. The van der Waals surface area contributed by atoms with Gasteiger partial charge in [-0.15, -0.1) is 0 Å². The van der Waals surface area contributed by atoms with Gasteiger partial charge in [0.15, 0.2) is 5.96 Å². The number of hydrogen-bond acceptors (Lipinski definition) is 3. The number of ether oxygens (including phenoxy) is 2. The van der Waals surface area contributed by atoms with Crippen LogP contribution in [0.3, 0.4) is 0 Å². The zero-order valence-electron chi connectivity index (χ0n) is 16.2. The smallest absolute Gasteiger partial charge is 0.190 e. The molecule has 0 aromatic heterocycles. The van der Waals surface area contributed by atoms with E-state index < -0.39 is 0 Å². The third-order valence-corrected chi connectivity index (χ3v) is 4.88. The Hall–Kier alpha value is -2.11. The SMILES string of the molecule is CN=C(NCCCOCC1CCCO1)NCCc1cccc2ccccc12. The number of fused-ring (bicyclic) bond motifs is 1. The van der Waals surface area contributed by atoms with Gasteiger partial charge >= 0.3 is 0 Å². The van der Waals surface area contributed by atoms with Gasteiger partial charge in [-0.1, -0.05) is 42.5 Å². The van der Waals surface area contributed by atoms with Crippen molar-refractivity contribution < 1.29 is 9.47 Å². The van der Waals surface area contributed by atoms with Gasteiger partial charge in [-0.2, -0.15) is 0 Å². The van der Waals surface area contributed by atoms with E-state index in [0.29, 0.717) is 6.10 Å². The first-order chi connectivity index (χ1) is 13.4. The molecular formula is C22H31N3O2. The van der Waals surface area contributed by atoms with Gasteiger partial charge < -0.3 is 20.1 Å². The quantitative estimate of drug-likeness (QED) is 0.405. The molecule has 27 heavy (non-hydrogen) atoms. The first-order valence-corrected chi connectivity index (χ1v) is 9.97. The average molecular weight is 370 g/mol. The molecule has 1 atom stereocenters. The van der Waals surface area contributed by atoms with E-state index in [0.717, 1.165) is 64.6 Å². The lowest BCUT2D eigenvalue weighted by atomic mass is 10.0. The van der Waals surface area contributed by atoms with Crippen molar-refractivity contribution in [1.29, 1.82) is 0 Å². The zero-order valence-corrected chi connectivity index (χ0v) is 16.2. The molecule has 2 aromatic rings. The number of guanidine groups is 1. The first kappa shape index (κ1) is 19.6. The molecule has 2 aromatic carbocycles. The Morgan fingerprint density at radius 1 is 1.15 bits per heavy atom. The lowest BCUT2D eigenvalue weighted by Gasteiger charge is -2.13. The highest BCUT2D eigenvalue weighted by Crippen LogP contribution is 2.18. The van der Waals surface area contributed by atoms with Crippen LogP contribution in [0.25, 0.3) is 10.8 Å². The second-order valence-corrected chi connectivity index (χ2v) is 6.88. The van der Waals surface area contributed by atoms with Gasteiger partial charge in [0.05, 0.1) is 12.7 Å². The lowest BCUT2D eigenvalue weighted by molar-refractivity contribution is 0.0168. The first-order valence-electron chi connectivity index (χ1n) is 9.97. The van der Waals surface area contributed by atoms with Crippen molar-refractivity contribution in [2.75, 3.05) is 40.0 Å². The summed E-state index contributed by atoms with van der Waals surface area (Å²) in [6.45, 7) is 4.05. The van der Waals surface area contributed by atoms with Crippen molar-refractivity contribution >= 4 is 16.7 Å².